The minimum atomic E-state index is 0.893. The normalized spacial score (nSPS) is 15.6. The van der Waals surface area contributed by atoms with Crippen molar-refractivity contribution in [3.63, 3.8) is 0 Å². The predicted octanol–water partition coefficient (Wildman–Crippen LogP) is 2.43. The molecule has 0 radical (unpaired) electrons. The van der Waals surface area contributed by atoms with Crippen LogP contribution in [0.4, 0.5) is 5.69 Å². The standard InChI is InChI=1S/C14H23N3/c1-3-17(11-12-5-4-6-12)14-7-8-16-10-13(14)9-15-2/h7-8,10,12,15H,3-6,9,11H2,1-2H3. The lowest BCUT2D eigenvalue weighted by Crippen LogP contribution is -2.33. The average molecular weight is 233 g/mol. The first-order chi connectivity index (χ1) is 8.35. The maximum atomic E-state index is 4.23. The maximum Gasteiger partial charge on any atom is 0.0442 e. The van der Waals surface area contributed by atoms with Crippen LogP contribution in [-0.4, -0.2) is 25.1 Å². The molecule has 1 aromatic rings. The molecule has 0 bridgehead atoms. The van der Waals surface area contributed by atoms with Crippen molar-refractivity contribution in [2.75, 3.05) is 25.0 Å². The fraction of sp³-hybridized carbons (Fsp3) is 0.643. The lowest BCUT2D eigenvalue weighted by Gasteiger charge is -2.34. The predicted molar refractivity (Wildman–Crippen MR) is 72.2 cm³/mol. The third-order valence-electron chi connectivity index (χ3n) is 3.67. The van der Waals surface area contributed by atoms with Crippen molar-refractivity contribution in [2.45, 2.75) is 32.7 Å². The van der Waals surface area contributed by atoms with E-state index in [4.69, 9.17) is 0 Å². The van der Waals surface area contributed by atoms with E-state index in [1.807, 2.05) is 19.4 Å². The van der Waals surface area contributed by atoms with Gasteiger partial charge in [0.2, 0.25) is 0 Å². The molecule has 1 N–H and O–H groups in total. The molecule has 0 atom stereocenters. The molecule has 1 fully saturated rings. The van der Waals surface area contributed by atoms with Crippen molar-refractivity contribution in [1.29, 1.82) is 0 Å². The molecule has 0 spiro atoms. The van der Waals surface area contributed by atoms with Gasteiger partial charge in [-0.05, 0) is 38.8 Å². The van der Waals surface area contributed by atoms with E-state index in [1.165, 1.54) is 37.1 Å². The Morgan fingerprint density at radius 2 is 2.29 bits per heavy atom. The molecule has 0 aliphatic heterocycles. The Morgan fingerprint density at radius 3 is 2.88 bits per heavy atom. The SMILES string of the molecule is CCN(CC1CCC1)c1ccncc1CNC. The summed E-state index contributed by atoms with van der Waals surface area (Å²) in [5.41, 5.74) is 2.65. The highest BCUT2D eigenvalue weighted by atomic mass is 15.1. The number of pyridine rings is 1. The van der Waals surface area contributed by atoms with Gasteiger partial charge in [0, 0.05) is 43.3 Å². The molecule has 0 amide bonds. The molecule has 17 heavy (non-hydrogen) atoms. The summed E-state index contributed by atoms with van der Waals surface area (Å²) < 4.78 is 0. The molecule has 0 unspecified atom stereocenters. The Labute approximate surface area is 104 Å². The van der Waals surface area contributed by atoms with Crippen LogP contribution in [-0.2, 0) is 6.54 Å². The number of nitrogens with zero attached hydrogens (tertiary/aromatic N) is 2. The first kappa shape index (κ1) is 12.4. The van der Waals surface area contributed by atoms with Crippen molar-refractivity contribution in [1.82, 2.24) is 10.3 Å². The molecule has 0 saturated heterocycles. The molecule has 1 saturated carbocycles. The molecule has 1 heterocycles. The number of hydrogen-bond donors (Lipinski definition) is 1. The summed E-state index contributed by atoms with van der Waals surface area (Å²) in [6, 6.07) is 2.15. The van der Waals surface area contributed by atoms with Gasteiger partial charge in [-0.3, -0.25) is 4.98 Å². The van der Waals surface area contributed by atoms with Gasteiger partial charge in [0.15, 0.2) is 0 Å². The van der Waals surface area contributed by atoms with Crippen molar-refractivity contribution in [2.24, 2.45) is 5.92 Å². The fourth-order valence-corrected chi connectivity index (χ4v) is 2.44. The van der Waals surface area contributed by atoms with E-state index in [0.717, 1.165) is 19.0 Å². The van der Waals surface area contributed by atoms with Crippen molar-refractivity contribution in [3.8, 4) is 0 Å². The zero-order valence-corrected chi connectivity index (χ0v) is 10.9. The number of anilines is 1. The summed E-state index contributed by atoms with van der Waals surface area (Å²) in [6.45, 7) is 5.42. The lowest BCUT2D eigenvalue weighted by molar-refractivity contribution is 0.318. The van der Waals surface area contributed by atoms with E-state index < -0.39 is 0 Å². The Morgan fingerprint density at radius 1 is 1.47 bits per heavy atom. The summed E-state index contributed by atoms with van der Waals surface area (Å²) in [5.74, 6) is 0.908. The Kier molecular flexibility index (Phi) is 4.37. The largest absolute Gasteiger partial charge is 0.371 e. The second-order valence-corrected chi connectivity index (χ2v) is 4.87. The van der Waals surface area contributed by atoms with Gasteiger partial charge in [-0.1, -0.05) is 6.42 Å². The number of nitrogens with one attached hydrogen (secondary N) is 1. The topological polar surface area (TPSA) is 28.2 Å². The zero-order chi connectivity index (χ0) is 12.1. The molecule has 94 valence electrons. The van der Waals surface area contributed by atoms with Gasteiger partial charge < -0.3 is 10.2 Å². The van der Waals surface area contributed by atoms with Gasteiger partial charge in [0.1, 0.15) is 0 Å². The van der Waals surface area contributed by atoms with Crippen LogP contribution in [0.1, 0.15) is 31.7 Å². The Hall–Kier alpha value is -1.09. The van der Waals surface area contributed by atoms with Gasteiger partial charge in [-0.25, -0.2) is 0 Å². The third-order valence-corrected chi connectivity index (χ3v) is 3.67. The van der Waals surface area contributed by atoms with E-state index in [2.05, 4.69) is 28.2 Å². The van der Waals surface area contributed by atoms with Crippen molar-refractivity contribution >= 4 is 5.69 Å². The molecular weight excluding hydrogens is 210 g/mol. The first-order valence-corrected chi connectivity index (χ1v) is 6.67. The van der Waals surface area contributed by atoms with Crippen LogP contribution in [0.15, 0.2) is 18.5 Å². The van der Waals surface area contributed by atoms with Crippen LogP contribution in [0.25, 0.3) is 0 Å². The first-order valence-electron chi connectivity index (χ1n) is 6.67. The molecule has 3 heteroatoms. The van der Waals surface area contributed by atoms with Gasteiger partial charge in [0.25, 0.3) is 0 Å². The van der Waals surface area contributed by atoms with E-state index >= 15 is 0 Å². The average Bonchev–Trinajstić information content (AvgIpc) is 2.30. The Bertz CT molecular complexity index is 347. The molecule has 1 aliphatic rings. The molecule has 1 aliphatic carbocycles. The van der Waals surface area contributed by atoms with Crippen molar-refractivity contribution in [3.05, 3.63) is 24.0 Å². The minimum absolute atomic E-state index is 0.893. The monoisotopic (exact) mass is 233 g/mol. The highest BCUT2D eigenvalue weighted by molar-refractivity contribution is 5.52. The van der Waals surface area contributed by atoms with E-state index in [0.29, 0.717) is 0 Å². The molecule has 2 rings (SSSR count). The molecule has 1 aromatic heterocycles. The number of aromatic nitrogens is 1. The summed E-state index contributed by atoms with van der Waals surface area (Å²) >= 11 is 0. The van der Waals surface area contributed by atoms with Crippen LogP contribution in [0.3, 0.4) is 0 Å². The summed E-state index contributed by atoms with van der Waals surface area (Å²) in [6.07, 6.45) is 8.11. The van der Waals surface area contributed by atoms with Gasteiger partial charge >= 0.3 is 0 Å². The molecule has 0 aromatic carbocycles. The van der Waals surface area contributed by atoms with Crippen LogP contribution in [0.2, 0.25) is 0 Å². The third kappa shape index (κ3) is 2.97. The fourth-order valence-electron chi connectivity index (χ4n) is 2.44. The lowest BCUT2D eigenvalue weighted by atomic mass is 9.85. The second kappa shape index (κ2) is 6.01. The van der Waals surface area contributed by atoms with Gasteiger partial charge in [0.05, 0.1) is 0 Å². The van der Waals surface area contributed by atoms with Crippen LogP contribution in [0, 0.1) is 5.92 Å². The highest BCUT2D eigenvalue weighted by Crippen LogP contribution is 2.29. The summed E-state index contributed by atoms with van der Waals surface area (Å²) in [4.78, 5) is 6.73. The van der Waals surface area contributed by atoms with Crippen LogP contribution in [0.5, 0.6) is 0 Å². The number of hydrogen-bond acceptors (Lipinski definition) is 3. The van der Waals surface area contributed by atoms with Gasteiger partial charge in [-0.15, -0.1) is 0 Å². The zero-order valence-electron chi connectivity index (χ0n) is 10.9. The summed E-state index contributed by atoms with van der Waals surface area (Å²) in [7, 11) is 1.99. The smallest absolute Gasteiger partial charge is 0.0442 e. The number of rotatable bonds is 6. The van der Waals surface area contributed by atoms with Crippen LogP contribution >= 0.6 is 0 Å². The van der Waals surface area contributed by atoms with E-state index in [-0.39, 0.29) is 0 Å². The van der Waals surface area contributed by atoms with E-state index in [1.54, 1.807) is 0 Å². The molecule has 3 nitrogen and oxygen atoms in total. The maximum absolute atomic E-state index is 4.23. The van der Waals surface area contributed by atoms with E-state index in [9.17, 15) is 0 Å². The summed E-state index contributed by atoms with van der Waals surface area (Å²) in [5, 5.41) is 3.22. The molecular formula is C14H23N3. The Balaban J connectivity index is 2.10. The highest BCUT2D eigenvalue weighted by Gasteiger charge is 2.21. The van der Waals surface area contributed by atoms with Gasteiger partial charge in [-0.2, -0.15) is 0 Å². The van der Waals surface area contributed by atoms with Crippen molar-refractivity contribution < 1.29 is 0 Å². The minimum Gasteiger partial charge on any atom is -0.371 e. The second-order valence-electron chi connectivity index (χ2n) is 4.87. The van der Waals surface area contributed by atoms with Crippen LogP contribution < -0.4 is 10.2 Å². The quantitative estimate of drug-likeness (QED) is 0.818.